The molecule has 0 bridgehead atoms. The van der Waals surface area contributed by atoms with Crippen molar-refractivity contribution in [3.63, 3.8) is 0 Å². The SMILES string of the molecule is O=CCC1Cc2cccc(F)c2C1. The van der Waals surface area contributed by atoms with E-state index in [1.165, 1.54) is 6.07 Å². The summed E-state index contributed by atoms with van der Waals surface area (Å²) in [6.45, 7) is 0. The highest BCUT2D eigenvalue weighted by Gasteiger charge is 2.23. The Morgan fingerprint density at radius 2 is 2.31 bits per heavy atom. The van der Waals surface area contributed by atoms with Gasteiger partial charge in [0.05, 0.1) is 0 Å². The van der Waals surface area contributed by atoms with Crippen molar-refractivity contribution < 1.29 is 9.18 Å². The quantitative estimate of drug-likeness (QED) is 0.634. The van der Waals surface area contributed by atoms with Gasteiger partial charge in [0.15, 0.2) is 0 Å². The Balaban J connectivity index is 2.24. The second-order valence-electron chi connectivity index (χ2n) is 3.55. The van der Waals surface area contributed by atoms with Crippen molar-refractivity contribution in [2.75, 3.05) is 0 Å². The van der Waals surface area contributed by atoms with E-state index in [0.29, 0.717) is 12.3 Å². The van der Waals surface area contributed by atoms with Gasteiger partial charge in [-0.3, -0.25) is 0 Å². The molecule has 0 saturated carbocycles. The molecule has 1 aromatic carbocycles. The molecule has 1 atom stereocenters. The van der Waals surface area contributed by atoms with E-state index in [0.717, 1.165) is 30.3 Å². The van der Waals surface area contributed by atoms with Gasteiger partial charge in [0, 0.05) is 6.42 Å². The number of carbonyl (C=O) groups excluding carboxylic acids is 1. The Morgan fingerprint density at radius 1 is 1.46 bits per heavy atom. The van der Waals surface area contributed by atoms with Crippen LogP contribution in [0.15, 0.2) is 18.2 Å². The minimum absolute atomic E-state index is 0.120. The second-order valence-corrected chi connectivity index (χ2v) is 3.55. The predicted molar refractivity (Wildman–Crippen MR) is 48.0 cm³/mol. The van der Waals surface area contributed by atoms with E-state index in [9.17, 15) is 9.18 Å². The molecule has 1 aromatic rings. The molecule has 1 aliphatic carbocycles. The van der Waals surface area contributed by atoms with Gasteiger partial charge in [0.2, 0.25) is 0 Å². The van der Waals surface area contributed by atoms with Gasteiger partial charge < -0.3 is 4.79 Å². The molecule has 2 heteroatoms. The van der Waals surface area contributed by atoms with Crippen LogP contribution in [-0.4, -0.2) is 6.29 Å². The fourth-order valence-corrected chi connectivity index (χ4v) is 2.00. The van der Waals surface area contributed by atoms with Crippen LogP contribution in [0.25, 0.3) is 0 Å². The van der Waals surface area contributed by atoms with Gasteiger partial charge in [-0.25, -0.2) is 4.39 Å². The minimum atomic E-state index is -0.120. The first-order valence-corrected chi connectivity index (χ1v) is 4.51. The first-order valence-electron chi connectivity index (χ1n) is 4.51. The van der Waals surface area contributed by atoms with Crippen LogP contribution >= 0.6 is 0 Å². The standard InChI is InChI=1S/C11H11FO/c12-11-3-1-2-9-6-8(4-5-13)7-10(9)11/h1-3,5,8H,4,6-7H2. The van der Waals surface area contributed by atoms with Gasteiger partial charge in [0.25, 0.3) is 0 Å². The Kier molecular flexibility index (Phi) is 2.13. The first kappa shape index (κ1) is 8.42. The van der Waals surface area contributed by atoms with E-state index >= 15 is 0 Å². The summed E-state index contributed by atoms with van der Waals surface area (Å²) < 4.78 is 13.2. The molecule has 0 fully saturated rings. The predicted octanol–water partition coefficient (Wildman–Crippen LogP) is 2.13. The van der Waals surface area contributed by atoms with E-state index in [1.54, 1.807) is 6.07 Å². The first-order chi connectivity index (χ1) is 6.31. The number of carbonyl (C=O) groups is 1. The molecule has 0 spiro atoms. The zero-order valence-corrected chi connectivity index (χ0v) is 7.29. The zero-order chi connectivity index (χ0) is 9.26. The van der Waals surface area contributed by atoms with Gasteiger partial charge in [-0.05, 0) is 36.0 Å². The number of rotatable bonds is 2. The highest BCUT2D eigenvalue weighted by molar-refractivity contribution is 5.51. The van der Waals surface area contributed by atoms with Crippen LogP contribution in [0.3, 0.4) is 0 Å². The maximum atomic E-state index is 13.2. The average Bonchev–Trinajstić information content (AvgIpc) is 2.49. The van der Waals surface area contributed by atoms with Crippen molar-refractivity contribution in [1.82, 2.24) is 0 Å². The molecule has 2 rings (SSSR count). The number of hydrogen-bond donors (Lipinski definition) is 0. The maximum Gasteiger partial charge on any atom is 0.126 e. The summed E-state index contributed by atoms with van der Waals surface area (Å²) in [7, 11) is 0. The van der Waals surface area contributed by atoms with Gasteiger partial charge in [0.1, 0.15) is 12.1 Å². The van der Waals surface area contributed by atoms with Crippen LogP contribution < -0.4 is 0 Å². The molecule has 0 heterocycles. The third-order valence-corrected chi connectivity index (χ3v) is 2.65. The molecular formula is C11H11FO. The summed E-state index contributed by atoms with van der Waals surface area (Å²) in [6.07, 6.45) is 3.05. The molecule has 0 amide bonds. The Morgan fingerprint density at radius 3 is 3.00 bits per heavy atom. The van der Waals surface area contributed by atoms with Crippen LogP contribution in [0.1, 0.15) is 17.5 Å². The Bertz CT molecular complexity index is 333. The summed E-state index contributed by atoms with van der Waals surface area (Å²) in [5.41, 5.74) is 1.89. The number of aldehydes is 1. The smallest absolute Gasteiger partial charge is 0.126 e. The van der Waals surface area contributed by atoms with Crippen molar-refractivity contribution >= 4 is 6.29 Å². The van der Waals surface area contributed by atoms with Gasteiger partial charge in [-0.2, -0.15) is 0 Å². The normalized spacial score (nSPS) is 19.9. The summed E-state index contributed by atoms with van der Waals surface area (Å²) in [4.78, 5) is 10.3. The van der Waals surface area contributed by atoms with E-state index in [2.05, 4.69) is 0 Å². The third-order valence-electron chi connectivity index (χ3n) is 2.65. The molecule has 68 valence electrons. The molecule has 13 heavy (non-hydrogen) atoms. The van der Waals surface area contributed by atoms with E-state index < -0.39 is 0 Å². The monoisotopic (exact) mass is 178 g/mol. The fraction of sp³-hybridized carbons (Fsp3) is 0.364. The Hall–Kier alpha value is -1.18. The van der Waals surface area contributed by atoms with Crippen LogP contribution in [-0.2, 0) is 17.6 Å². The lowest BCUT2D eigenvalue weighted by molar-refractivity contribution is -0.108. The second kappa shape index (κ2) is 3.29. The minimum Gasteiger partial charge on any atom is -0.303 e. The van der Waals surface area contributed by atoms with Crippen LogP contribution in [0, 0.1) is 11.7 Å². The molecule has 0 saturated heterocycles. The summed E-state index contributed by atoms with van der Waals surface area (Å²) >= 11 is 0. The average molecular weight is 178 g/mol. The molecule has 1 aliphatic rings. The lowest BCUT2D eigenvalue weighted by atomic mass is 10.0. The highest BCUT2D eigenvalue weighted by atomic mass is 19.1. The van der Waals surface area contributed by atoms with E-state index in [-0.39, 0.29) is 5.82 Å². The lowest BCUT2D eigenvalue weighted by Gasteiger charge is -2.00. The van der Waals surface area contributed by atoms with Crippen molar-refractivity contribution in [3.05, 3.63) is 35.1 Å². The number of hydrogen-bond acceptors (Lipinski definition) is 1. The molecular weight excluding hydrogens is 167 g/mol. The molecule has 1 nitrogen and oxygen atoms in total. The topological polar surface area (TPSA) is 17.1 Å². The summed E-state index contributed by atoms with van der Waals surface area (Å²) in [5.74, 6) is 0.204. The fourth-order valence-electron chi connectivity index (χ4n) is 2.00. The number of fused-ring (bicyclic) bond motifs is 1. The van der Waals surface area contributed by atoms with Crippen molar-refractivity contribution in [3.8, 4) is 0 Å². The highest BCUT2D eigenvalue weighted by Crippen LogP contribution is 2.29. The Labute approximate surface area is 76.6 Å². The van der Waals surface area contributed by atoms with Crippen LogP contribution in [0.5, 0.6) is 0 Å². The van der Waals surface area contributed by atoms with Crippen LogP contribution in [0.2, 0.25) is 0 Å². The summed E-state index contributed by atoms with van der Waals surface area (Å²) in [6, 6.07) is 5.17. The van der Waals surface area contributed by atoms with Crippen molar-refractivity contribution in [2.24, 2.45) is 5.92 Å². The molecule has 0 radical (unpaired) electrons. The van der Waals surface area contributed by atoms with Crippen LogP contribution in [0.4, 0.5) is 4.39 Å². The van der Waals surface area contributed by atoms with Crippen molar-refractivity contribution in [2.45, 2.75) is 19.3 Å². The van der Waals surface area contributed by atoms with Crippen molar-refractivity contribution in [1.29, 1.82) is 0 Å². The number of halogens is 1. The van der Waals surface area contributed by atoms with Gasteiger partial charge in [-0.1, -0.05) is 12.1 Å². The molecule has 1 unspecified atom stereocenters. The maximum absolute atomic E-state index is 13.2. The number of benzene rings is 1. The largest absolute Gasteiger partial charge is 0.303 e. The van der Waals surface area contributed by atoms with Gasteiger partial charge in [-0.15, -0.1) is 0 Å². The van der Waals surface area contributed by atoms with Gasteiger partial charge >= 0.3 is 0 Å². The third kappa shape index (κ3) is 1.48. The molecule has 0 aromatic heterocycles. The zero-order valence-electron chi connectivity index (χ0n) is 7.29. The molecule has 0 aliphatic heterocycles. The van der Waals surface area contributed by atoms with E-state index in [1.807, 2.05) is 6.07 Å². The van der Waals surface area contributed by atoms with E-state index in [4.69, 9.17) is 0 Å². The lowest BCUT2D eigenvalue weighted by Crippen LogP contribution is -1.99. The summed E-state index contributed by atoms with van der Waals surface area (Å²) in [5, 5.41) is 0. The molecule has 0 N–H and O–H groups in total.